The van der Waals surface area contributed by atoms with E-state index in [1.807, 2.05) is 22.7 Å². The second kappa shape index (κ2) is 7.45. The maximum absolute atomic E-state index is 12.4. The molecule has 1 N–H and O–H groups in total. The molecule has 3 atom stereocenters. The van der Waals surface area contributed by atoms with E-state index < -0.39 is 0 Å². The first-order valence-corrected chi connectivity index (χ1v) is 8.85. The van der Waals surface area contributed by atoms with Gasteiger partial charge in [-0.1, -0.05) is 0 Å². The Hall–Kier alpha value is -1.40. The van der Waals surface area contributed by atoms with Crippen molar-refractivity contribution in [1.82, 2.24) is 20.0 Å². The Kier molecular flexibility index (Phi) is 5.33. The van der Waals surface area contributed by atoms with Crippen molar-refractivity contribution in [3.63, 3.8) is 0 Å². The zero-order valence-electron chi connectivity index (χ0n) is 14.2. The summed E-state index contributed by atoms with van der Waals surface area (Å²) in [6, 6.07) is -0.118. The summed E-state index contributed by atoms with van der Waals surface area (Å²) in [7, 11) is 0. The number of amides is 1. The zero-order valence-corrected chi connectivity index (χ0v) is 14.2. The summed E-state index contributed by atoms with van der Waals surface area (Å²) in [5.74, 6) is 0.634. The number of hydrogen-bond donors (Lipinski definition) is 1. The highest BCUT2D eigenvalue weighted by molar-refractivity contribution is 5.81. The standard InChI is InChI=1S/C17H28N4O2/c1-3-21-12-15(11-19-21)16-14(6-9-23-16)10-18-13(2)17(22)20-7-4-5-8-20/h11-14,16,18H,3-10H2,1-2H3/t13-,14-,16+/m0/s1. The second-order valence-corrected chi connectivity index (χ2v) is 6.63. The number of nitrogens with one attached hydrogen (secondary N) is 1. The lowest BCUT2D eigenvalue weighted by atomic mass is 9.97. The molecule has 6 heteroatoms. The highest BCUT2D eigenvalue weighted by Crippen LogP contribution is 2.33. The number of aryl methyl sites for hydroxylation is 1. The van der Waals surface area contributed by atoms with Gasteiger partial charge in [-0.05, 0) is 33.1 Å². The average Bonchev–Trinajstić information content (AvgIpc) is 3.32. The average molecular weight is 320 g/mol. The quantitative estimate of drug-likeness (QED) is 0.864. The fraction of sp³-hybridized carbons (Fsp3) is 0.765. The van der Waals surface area contributed by atoms with E-state index in [0.29, 0.717) is 5.92 Å². The molecule has 1 aromatic rings. The minimum absolute atomic E-state index is 0.0943. The summed E-state index contributed by atoms with van der Waals surface area (Å²) in [5, 5.41) is 7.77. The van der Waals surface area contributed by atoms with E-state index in [1.165, 1.54) is 0 Å². The predicted molar refractivity (Wildman–Crippen MR) is 88.0 cm³/mol. The van der Waals surface area contributed by atoms with Crippen molar-refractivity contribution in [2.24, 2.45) is 5.92 Å². The summed E-state index contributed by atoms with van der Waals surface area (Å²) in [6.45, 7) is 8.34. The third-order valence-electron chi connectivity index (χ3n) is 4.99. The normalized spacial score (nSPS) is 25.9. The lowest BCUT2D eigenvalue weighted by Gasteiger charge is -2.24. The second-order valence-electron chi connectivity index (χ2n) is 6.63. The first-order valence-electron chi connectivity index (χ1n) is 8.85. The number of rotatable bonds is 6. The van der Waals surface area contributed by atoms with Crippen LogP contribution in [0.25, 0.3) is 0 Å². The van der Waals surface area contributed by atoms with E-state index >= 15 is 0 Å². The van der Waals surface area contributed by atoms with Gasteiger partial charge >= 0.3 is 0 Å². The van der Waals surface area contributed by atoms with E-state index in [4.69, 9.17) is 4.74 Å². The fourth-order valence-electron chi connectivity index (χ4n) is 3.54. The molecule has 6 nitrogen and oxygen atoms in total. The molecule has 0 saturated carbocycles. The maximum atomic E-state index is 12.4. The molecule has 0 aliphatic carbocycles. The largest absolute Gasteiger partial charge is 0.373 e. The van der Waals surface area contributed by atoms with Gasteiger partial charge in [-0.15, -0.1) is 0 Å². The highest BCUT2D eigenvalue weighted by Gasteiger charge is 2.31. The molecule has 23 heavy (non-hydrogen) atoms. The van der Waals surface area contributed by atoms with Gasteiger partial charge in [0.15, 0.2) is 0 Å². The summed E-state index contributed by atoms with van der Waals surface area (Å²) < 4.78 is 7.84. The molecule has 0 aromatic carbocycles. The molecule has 2 aliphatic rings. The Labute approximate surface area is 138 Å². The number of aromatic nitrogens is 2. The van der Waals surface area contributed by atoms with Gasteiger partial charge in [0.2, 0.25) is 5.91 Å². The lowest BCUT2D eigenvalue weighted by molar-refractivity contribution is -0.132. The molecule has 128 valence electrons. The molecule has 2 aliphatic heterocycles. The van der Waals surface area contributed by atoms with Crippen LogP contribution in [0.3, 0.4) is 0 Å². The molecule has 0 bridgehead atoms. The summed E-state index contributed by atoms with van der Waals surface area (Å²) in [5.41, 5.74) is 1.15. The van der Waals surface area contributed by atoms with Crippen molar-refractivity contribution in [3.05, 3.63) is 18.0 Å². The summed E-state index contributed by atoms with van der Waals surface area (Å²) in [6.07, 6.45) is 7.38. The van der Waals surface area contributed by atoms with Crippen molar-refractivity contribution in [1.29, 1.82) is 0 Å². The number of hydrogen-bond acceptors (Lipinski definition) is 4. The molecule has 0 unspecified atom stereocenters. The molecular weight excluding hydrogens is 292 g/mol. The van der Waals surface area contributed by atoms with Crippen molar-refractivity contribution >= 4 is 5.91 Å². The highest BCUT2D eigenvalue weighted by atomic mass is 16.5. The lowest BCUT2D eigenvalue weighted by Crippen LogP contribution is -2.45. The van der Waals surface area contributed by atoms with Crippen LogP contribution in [0.1, 0.15) is 44.8 Å². The number of carbonyl (C=O) groups is 1. The van der Waals surface area contributed by atoms with Gasteiger partial charge in [-0.2, -0.15) is 5.10 Å². The Balaban J connectivity index is 1.53. The molecule has 1 amide bonds. The first kappa shape index (κ1) is 16.5. The van der Waals surface area contributed by atoms with E-state index in [9.17, 15) is 4.79 Å². The van der Waals surface area contributed by atoms with Crippen molar-refractivity contribution in [2.45, 2.75) is 51.8 Å². The van der Waals surface area contributed by atoms with Gasteiger partial charge < -0.3 is 15.0 Å². The van der Waals surface area contributed by atoms with Crippen LogP contribution in [0.5, 0.6) is 0 Å². The van der Waals surface area contributed by atoms with Crippen LogP contribution in [-0.2, 0) is 16.1 Å². The first-order chi connectivity index (χ1) is 11.2. The Morgan fingerprint density at radius 3 is 2.96 bits per heavy atom. The van der Waals surface area contributed by atoms with Crippen LogP contribution >= 0.6 is 0 Å². The minimum atomic E-state index is -0.118. The molecular formula is C17H28N4O2. The molecule has 2 fully saturated rings. The SMILES string of the molecule is CCn1cc([C@@H]2OCC[C@H]2CN[C@@H](C)C(=O)N2CCCC2)cn1. The van der Waals surface area contributed by atoms with Gasteiger partial charge in [0.25, 0.3) is 0 Å². The third kappa shape index (κ3) is 3.75. The van der Waals surface area contributed by atoms with E-state index in [1.54, 1.807) is 0 Å². The molecule has 0 spiro atoms. The number of nitrogens with zero attached hydrogens (tertiary/aromatic N) is 3. The van der Waals surface area contributed by atoms with E-state index in [-0.39, 0.29) is 18.1 Å². The Morgan fingerprint density at radius 2 is 2.26 bits per heavy atom. The van der Waals surface area contributed by atoms with Gasteiger partial charge in [-0.25, -0.2) is 0 Å². The van der Waals surface area contributed by atoms with Crippen LogP contribution in [0.2, 0.25) is 0 Å². The molecule has 2 saturated heterocycles. The number of likely N-dealkylation sites (tertiary alicyclic amines) is 1. The van der Waals surface area contributed by atoms with E-state index in [2.05, 4.69) is 23.5 Å². The fourth-order valence-corrected chi connectivity index (χ4v) is 3.54. The summed E-state index contributed by atoms with van der Waals surface area (Å²) >= 11 is 0. The predicted octanol–water partition coefficient (Wildman–Crippen LogP) is 1.58. The van der Waals surface area contributed by atoms with Crippen LogP contribution < -0.4 is 5.32 Å². The number of carbonyl (C=O) groups excluding carboxylic acids is 1. The molecule has 3 rings (SSSR count). The van der Waals surface area contributed by atoms with Gasteiger partial charge in [0.1, 0.15) is 0 Å². The van der Waals surface area contributed by atoms with Crippen molar-refractivity contribution in [2.75, 3.05) is 26.2 Å². The van der Waals surface area contributed by atoms with Gasteiger partial charge in [0.05, 0.1) is 18.3 Å². The topological polar surface area (TPSA) is 59.4 Å². The van der Waals surface area contributed by atoms with Gasteiger partial charge in [0, 0.05) is 50.5 Å². The molecule has 0 radical (unpaired) electrons. The summed E-state index contributed by atoms with van der Waals surface area (Å²) in [4.78, 5) is 14.3. The van der Waals surface area contributed by atoms with E-state index in [0.717, 1.165) is 57.6 Å². The molecule has 3 heterocycles. The van der Waals surface area contributed by atoms with Crippen LogP contribution in [0.15, 0.2) is 12.4 Å². The van der Waals surface area contributed by atoms with Crippen molar-refractivity contribution < 1.29 is 9.53 Å². The zero-order chi connectivity index (χ0) is 16.2. The van der Waals surface area contributed by atoms with Crippen LogP contribution in [0, 0.1) is 5.92 Å². The minimum Gasteiger partial charge on any atom is -0.373 e. The molecule has 1 aromatic heterocycles. The Bertz CT molecular complexity index is 524. The van der Waals surface area contributed by atoms with Crippen LogP contribution in [-0.4, -0.2) is 52.9 Å². The monoisotopic (exact) mass is 320 g/mol. The maximum Gasteiger partial charge on any atom is 0.239 e. The number of ether oxygens (including phenoxy) is 1. The third-order valence-corrected chi connectivity index (χ3v) is 4.99. The smallest absolute Gasteiger partial charge is 0.239 e. The van der Waals surface area contributed by atoms with Crippen molar-refractivity contribution in [3.8, 4) is 0 Å². The Morgan fingerprint density at radius 1 is 1.48 bits per heavy atom. The van der Waals surface area contributed by atoms with Crippen LogP contribution in [0.4, 0.5) is 0 Å². The van der Waals surface area contributed by atoms with Gasteiger partial charge in [-0.3, -0.25) is 9.48 Å².